The monoisotopic (exact) mass is 184 g/mol. The van der Waals surface area contributed by atoms with E-state index in [1.807, 2.05) is 0 Å². The Morgan fingerprint density at radius 3 is 3.00 bits per heavy atom. The zero-order valence-electron chi connectivity index (χ0n) is 7.93. The fourth-order valence-electron chi connectivity index (χ4n) is 1.71. The van der Waals surface area contributed by atoms with Crippen molar-refractivity contribution < 1.29 is 5.11 Å². The topological polar surface area (TPSA) is 72.2 Å². The van der Waals surface area contributed by atoms with E-state index in [1.54, 1.807) is 0 Å². The van der Waals surface area contributed by atoms with Crippen molar-refractivity contribution >= 4 is 0 Å². The van der Waals surface area contributed by atoms with Crippen LogP contribution >= 0.6 is 0 Å². The molecule has 5 nitrogen and oxygen atoms in total. The molecule has 1 N–H and O–H groups in total. The van der Waals surface area contributed by atoms with Crippen LogP contribution in [0.5, 0.6) is 0 Å². The molecule has 74 valence electrons. The smallest absolute Gasteiger partial charge is 0.0752 e. The summed E-state index contributed by atoms with van der Waals surface area (Å²) in [6.07, 6.45) is 1.38. The van der Waals surface area contributed by atoms with E-state index in [2.05, 4.69) is 21.8 Å². The summed E-state index contributed by atoms with van der Waals surface area (Å²) in [6, 6.07) is -0.224. The van der Waals surface area contributed by atoms with Gasteiger partial charge in [0, 0.05) is 11.5 Å². The van der Waals surface area contributed by atoms with Crippen LogP contribution in [0.25, 0.3) is 10.4 Å². The first-order valence-electron chi connectivity index (χ1n) is 4.72. The molecule has 0 bridgehead atoms. The Kier molecular flexibility index (Phi) is 4.02. The number of hydrogen-bond acceptors (Lipinski definition) is 3. The highest BCUT2D eigenvalue weighted by molar-refractivity contribution is 4.84. The maximum Gasteiger partial charge on any atom is 0.0752 e. The third-order valence-corrected chi connectivity index (χ3v) is 2.37. The van der Waals surface area contributed by atoms with Gasteiger partial charge in [-0.25, -0.2) is 0 Å². The molecule has 1 rings (SSSR count). The second-order valence-corrected chi connectivity index (χ2v) is 3.43. The number of aliphatic hydroxyl groups excluding tert-OH is 1. The SMILES string of the molecule is CCCN1CC[C@@H](N=[N+]=[N-])[C@H](O)C1. The molecule has 0 aromatic heterocycles. The molecule has 1 fully saturated rings. The van der Waals surface area contributed by atoms with Crippen molar-refractivity contribution in [1.29, 1.82) is 0 Å². The standard InChI is InChI=1S/C8H16N4O/c1-2-4-12-5-3-7(10-11-9)8(13)6-12/h7-8,13H,2-6H2,1H3/t7-,8-/m1/s1. The molecule has 0 aromatic rings. The Morgan fingerprint density at radius 1 is 1.69 bits per heavy atom. The Labute approximate surface area is 78.0 Å². The summed E-state index contributed by atoms with van der Waals surface area (Å²) in [5, 5.41) is 13.2. The number of hydrogen-bond donors (Lipinski definition) is 1. The molecule has 0 spiro atoms. The molecular formula is C8H16N4O. The maximum absolute atomic E-state index is 9.59. The van der Waals surface area contributed by atoms with E-state index in [4.69, 9.17) is 5.53 Å². The van der Waals surface area contributed by atoms with Crippen LogP contribution in [-0.2, 0) is 0 Å². The molecule has 0 amide bonds. The molecule has 0 aromatic carbocycles. The van der Waals surface area contributed by atoms with Crippen LogP contribution in [0.2, 0.25) is 0 Å². The van der Waals surface area contributed by atoms with Gasteiger partial charge in [0.2, 0.25) is 0 Å². The number of rotatable bonds is 3. The first-order chi connectivity index (χ1) is 6.27. The molecule has 2 atom stereocenters. The average molecular weight is 184 g/mol. The lowest BCUT2D eigenvalue weighted by Crippen LogP contribution is -2.45. The second-order valence-electron chi connectivity index (χ2n) is 3.43. The van der Waals surface area contributed by atoms with Gasteiger partial charge in [-0.05, 0) is 31.5 Å². The molecule has 1 aliphatic heterocycles. The lowest BCUT2D eigenvalue weighted by molar-refractivity contribution is 0.0538. The van der Waals surface area contributed by atoms with Gasteiger partial charge in [-0.2, -0.15) is 0 Å². The number of aliphatic hydroxyl groups is 1. The van der Waals surface area contributed by atoms with Crippen LogP contribution in [0.4, 0.5) is 0 Å². The van der Waals surface area contributed by atoms with Crippen LogP contribution in [0.15, 0.2) is 5.11 Å². The normalized spacial score (nSPS) is 29.7. The zero-order chi connectivity index (χ0) is 9.68. The number of piperidine rings is 1. The summed E-state index contributed by atoms with van der Waals surface area (Å²) in [7, 11) is 0. The predicted molar refractivity (Wildman–Crippen MR) is 50.3 cm³/mol. The van der Waals surface area contributed by atoms with Gasteiger partial charge in [0.25, 0.3) is 0 Å². The van der Waals surface area contributed by atoms with E-state index in [1.165, 1.54) is 0 Å². The summed E-state index contributed by atoms with van der Waals surface area (Å²) in [5.74, 6) is 0. The predicted octanol–water partition coefficient (Wildman–Crippen LogP) is 1.14. The van der Waals surface area contributed by atoms with E-state index in [0.717, 1.165) is 25.9 Å². The lowest BCUT2D eigenvalue weighted by Gasteiger charge is -2.33. The molecule has 13 heavy (non-hydrogen) atoms. The Morgan fingerprint density at radius 2 is 2.46 bits per heavy atom. The second kappa shape index (κ2) is 5.07. The molecule has 1 aliphatic rings. The highest BCUT2D eigenvalue weighted by Gasteiger charge is 2.25. The number of likely N-dealkylation sites (tertiary alicyclic amines) is 1. The van der Waals surface area contributed by atoms with Gasteiger partial charge in [0.15, 0.2) is 0 Å². The molecule has 1 saturated heterocycles. The minimum atomic E-state index is -0.490. The number of β-amino-alcohol motifs (C(OH)–C–C–N with tert-alkyl or cyclic N) is 1. The molecule has 0 aliphatic carbocycles. The van der Waals surface area contributed by atoms with Crippen molar-refractivity contribution in [2.24, 2.45) is 5.11 Å². The van der Waals surface area contributed by atoms with Crippen LogP contribution in [-0.4, -0.2) is 41.8 Å². The molecular weight excluding hydrogens is 168 g/mol. The largest absolute Gasteiger partial charge is 0.391 e. The van der Waals surface area contributed by atoms with Crippen molar-refractivity contribution in [2.75, 3.05) is 19.6 Å². The van der Waals surface area contributed by atoms with Crippen LogP contribution < -0.4 is 0 Å². The Hall–Kier alpha value is -0.770. The fraction of sp³-hybridized carbons (Fsp3) is 1.00. The van der Waals surface area contributed by atoms with Gasteiger partial charge in [0.05, 0.1) is 12.1 Å². The molecule has 0 unspecified atom stereocenters. The van der Waals surface area contributed by atoms with E-state index in [-0.39, 0.29) is 6.04 Å². The van der Waals surface area contributed by atoms with Crippen LogP contribution in [0.1, 0.15) is 19.8 Å². The van der Waals surface area contributed by atoms with Gasteiger partial charge in [0.1, 0.15) is 0 Å². The van der Waals surface area contributed by atoms with Gasteiger partial charge in [-0.3, -0.25) is 0 Å². The molecule has 0 radical (unpaired) electrons. The van der Waals surface area contributed by atoms with Crippen LogP contribution in [0.3, 0.4) is 0 Å². The summed E-state index contributed by atoms with van der Waals surface area (Å²) >= 11 is 0. The number of nitrogens with zero attached hydrogens (tertiary/aromatic N) is 4. The van der Waals surface area contributed by atoms with Crippen molar-refractivity contribution in [3.8, 4) is 0 Å². The van der Waals surface area contributed by atoms with Crippen molar-refractivity contribution in [3.05, 3.63) is 10.4 Å². The van der Waals surface area contributed by atoms with E-state index >= 15 is 0 Å². The van der Waals surface area contributed by atoms with E-state index in [9.17, 15) is 5.11 Å². The lowest BCUT2D eigenvalue weighted by atomic mass is 10.0. The van der Waals surface area contributed by atoms with Gasteiger partial charge in [-0.1, -0.05) is 12.0 Å². The van der Waals surface area contributed by atoms with Gasteiger partial charge < -0.3 is 10.0 Å². The summed E-state index contributed by atoms with van der Waals surface area (Å²) in [5.41, 5.74) is 8.24. The third-order valence-electron chi connectivity index (χ3n) is 2.37. The Balaban J connectivity index is 2.41. The summed E-state index contributed by atoms with van der Waals surface area (Å²) in [6.45, 7) is 4.69. The van der Waals surface area contributed by atoms with Crippen molar-refractivity contribution in [3.63, 3.8) is 0 Å². The fourth-order valence-corrected chi connectivity index (χ4v) is 1.71. The Bertz CT molecular complexity index is 202. The first-order valence-corrected chi connectivity index (χ1v) is 4.72. The summed E-state index contributed by atoms with van der Waals surface area (Å²) in [4.78, 5) is 4.93. The molecule has 5 heteroatoms. The quantitative estimate of drug-likeness (QED) is 0.406. The van der Waals surface area contributed by atoms with Crippen molar-refractivity contribution in [2.45, 2.75) is 31.9 Å². The van der Waals surface area contributed by atoms with Crippen molar-refractivity contribution in [1.82, 2.24) is 4.90 Å². The molecule has 0 saturated carbocycles. The highest BCUT2D eigenvalue weighted by Crippen LogP contribution is 2.14. The van der Waals surface area contributed by atoms with E-state index in [0.29, 0.717) is 6.54 Å². The van der Waals surface area contributed by atoms with Gasteiger partial charge >= 0.3 is 0 Å². The van der Waals surface area contributed by atoms with E-state index < -0.39 is 6.10 Å². The van der Waals surface area contributed by atoms with Crippen LogP contribution in [0, 0.1) is 0 Å². The molecule has 1 heterocycles. The number of azide groups is 1. The average Bonchev–Trinajstić information content (AvgIpc) is 2.10. The minimum Gasteiger partial charge on any atom is -0.391 e. The zero-order valence-corrected chi connectivity index (χ0v) is 7.93. The first kappa shape index (κ1) is 10.3. The third kappa shape index (κ3) is 2.88. The van der Waals surface area contributed by atoms with Gasteiger partial charge in [-0.15, -0.1) is 0 Å². The maximum atomic E-state index is 9.59. The minimum absolute atomic E-state index is 0.224. The highest BCUT2D eigenvalue weighted by atomic mass is 16.3. The summed E-state index contributed by atoms with van der Waals surface area (Å²) < 4.78 is 0.